The van der Waals surface area contributed by atoms with Crippen molar-refractivity contribution in [3.05, 3.63) is 39.4 Å². The van der Waals surface area contributed by atoms with E-state index in [0.717, 1.165) is 45.1 Å². The van der Waals surface area contributed by atoms with Crippen molar-refractivity contribution in [2.75, 3.05) is 13.7 Å². The zero-order valence-electron chi connectivity index (χ0n) is 16.4. The van der Waals surface area contributed by atoms with Crippen molar-refractivity contribution in [1.82, 2.24) is 9.88 Å². The molecule has 0 spiro atoms. The predicted octanol–water partition coefficient (Wildman–Crippen LogP) is 3.43. The van der Waals surface area contributed by atoms with Crippen molar-refractivity contribution in [3.63, 3.8) is 0 Å². The molecule has 3 aliphatic rings. The van der Waals surface area contributed by atoms with E-state index in [1.807, 2.05) is 4.57 Å². The Morgan fingerprint density at radius 2 is 2.10 bits per heavy atom. The Morgan fingerprint density at radius 1 is 1.31 bits per heavy atom. The first kappa shape index (κ1) is 18.6. The number of hydrogen-bond acceptors (Lipinski definition) is 4. The van der Waals surface area contributed by atoms with E-state index in [2.05, 4.69) is 5.32 Å². The molecule has 7 heteroatoms. The molecule has 1 saturated heterocycles. The minimum atomic E-state index is -1.29. The highest BCUT2D eigenvalue weighted by atomic mass is 19.1. The second-order valence-corrected chi connectivity index (χ2v) is 8.65. The molecule has 3 fully saturated rings. The molecule has 3 atom stereocenters. The van der Waals surface area contributed by atoms with E-state index in [4.69, 9.17) is 4.74 Å². The molecule has 2 aromatic rings. The van der Waals surface area contributed by atoms with Gasteiger partial charge in [-0.3, -0.25) is 4.79 Å². The Hall–Kier alpha value is -2.41. The lowest BCUT2D eigenvalue weighted by atomic mass is 9.91. The van der Waals surface area contributed by atoms with E-state index < -0.39 is 17.2 Å². The van der Waals surface area contributed by atoms with Gasteiger partial charge in [-0.05, 0) is 63.0 Å². The summed E-state index contributed by atoms with van der Waals surface area (Å²) in [6.07, 6.45) is 7.27. The number of aromatic carboxylic acids is 1. The van der Waals surface area contributed by atoms with Gasteiger partial charge in [-0.25, -0.2) is 9.18 Å². The number of methoxy groups -OCH3 is 1. The number of pyridine rings is 1. The molecule has 2 aliphatic carbocycles. The lowest BCUT2D eigenvalue weighted by Gasteiger charge is -2.25. The molecule has 29 heavy (non-hydrogen) atoms. The third-order valence-corrected chi connectivity index (χ3v) is 6.89. The van der Waals surface area contributed by atoms with Crippen LogP contribution in [0.15, 0.2) is 17.1 Å². The summed E-state index contributed by atoms with van der Waals surface area (Å²) in [7, 11) is 1.50. The second-order valence-electron chi connectivity index (χ2n) is 8.65. The topological polar surface area (TPSA) is 80.6 Å². The van der Waals surface area contributed by atoms with Crippen LogP contribution in [0.3, 0.4) is 0 Å². The zero-order chi connectivity index (χ0) is 20.3. The van der Waals surface area contributed by atoms with Gasteiger partial charge in [-0.2, -0.15) is 0 Å². The van der Waals surface area contributed by atoms with Gasteiger partial charge in [0.05, 0.1) is 18.0 Å². The molecule has 154 valence electrons. The third-order valence-electron chi connectivity index (χ3n) is 6.89. The molecular formula is C22H25FN2O4. The average molecular weight is 400 g/mol. The Bertz CT molecular complexity index is 1050. The van der Waals surface area contributed by atoms with Gasteiger partial charge in [0.15, 0.2) is 0 Å². The molecule has 0 amide bonds. The quantitative estimate of drug-likeness (QED) is 0.822. The highest BCUT2D eigenvalue weighted by Crippen LogP contribution is 2.48. The highest BCUT2D eigenvalue weighted by molar-refractivity contribution is 5.95. The molecular weight excluding hydrogens is 375 g/mol. The van der Waals surface area contributed by atoms with Gasteiger partial charge in [0, 0.05) is 23.8 Å². The molecule has 6 nitrogen and oxygen atoms in total. The number of halogens is 1. The fraction of sp³-hybridized carbons (Fsp3) is 0.545. The van der Waals surface area contributed by atoms with Crippen molar-refractivity contribution in [2.24, 2.45) is 5.92 Å². The van der Waals surface area contributed by atoms with Crippen molar-refractivity contribution in [3.8, 4) is 5.75 Å². The number of ether oxygens (including phenoxy) is 1. The number of aromatic nitrogens is 1. The number of carboxylic acid groups (broad SMARTS) is 1. The SMILES string of the molecule is COc1c(C2C[C@H]3CCCN[C@H]3C2)c(F)cc2c(=O)c(C(=O)O)cn(C3CC3)c12. The van der Waals surface area contributed by atoms with Crippen molar-refractivity contribution < 1.29 is 19.0 Å². The van der Waals surface area contributed by atoms with Gasteiger partial charge in [-0.1, -0.05) is 0 Å². The number of rotatable bonds is 4. The standard InChI is InChI=1S/C22H25FN2O4/c1-29-21-18(12-7-11-3-2-6-24-17(11)8-12)16(23)9-14-19(21)25(13-4-5-13)10-15(20(14)26)22(27)28/h9-13,17,24H,2-8H2,1H3,(H,27,28)/t11-,12?,17+/m1/s1. The van der Waals surface area contributed by atoms with Crippen LogP contribution in [0.4, 0.5) is 4.39 Å². The van der Waals surface area contributed by atoms with Crippen LogP contribution in [-0.4, -0.2) is 35.3 Å². The summed E-state index contributed by atoms with van der Waals surface area (Å²) in [4.78, 5) is 24.4. The maximum Gasteiger partial charge on any atom is 0.341 e. The first-order chi connectivity index (χ1) is 14.0. The number of carboxylic acids is 1. The Kier molecular flexibility index (Phi) is 4.38. The van der Waals surface area contributed by atoms with Crippen molar-refractivity contribution in [2.45, 2.75) is 56.5 Å². The number of carbonyl (C=O) groups is 1. The first-order valence-electron chi connectivity index (χ1n) is 10.4. The van der Waals surface area contributed by atoms with E-state index in [1.165, 1.54) is 19.4 Å². The van der Waals surface area contributed by atoms with E-state index in [0.29, 0.717) is 28.8 Å². The number of benzene rings is 1. The molecule has 1 aliphatic heterocycles. The largest absolute Gasteiger partial charge is 0.494 e. The summed E-state index contributed by atoms with van der Waals surface area (Å²) in [6, 6.07) is 1.75. The maximum atomic E-state index is 15.4. The molecule has 2 N–H and O–H groups in total. The number of nitrogens with zero attached hydrogens (tertiary/aromatic N) is 1. The normalized spacial score (nSPS) is 26.5. The van der Waals surface area contributed by atoms with E-state index >= 15 is 4.39 Å². The Morgan fingerprint density at radius 3 is 2.76 bits per heavy atom. The summed E-state index contributed by atoms with van der Waals surface area (Å²) < 4.78 is 22.9. The molecule has 1 unspecified atom stereocenters. The molecule has 2 heterocycles. The monoisotopic (exact) mass is 400 g/mol. The summed E-state index contributed by atoms with van der Waals surface area (Å²) in [5, 5.41) is 13.1. The van der Waals surface area contributed by atoms with E-state index in [-0.39, 0.29) is 22.9 Å². The van der Waals surface area contributed by atoms with Crippen LogP contribution >= 0.6 is 0 Å². The van der Waals surface area contributed by atoms with E-state index in [1.54, 1.807) is 0 Å². The van der Waals surface area contributed by atoms with Crippen LogP contribution in [0, 0.1) is 11.7 Å². The van der Waals surface area contributed by atoms with Crippen LogP contribution in [0.2, 0.25) is 0 Å². The number of hydrogen-bond donors (Lipinski definition) is 2. The highest BCUT2D eigenvalue weighted by Gasteiger charge is 2.39. The Labute approximate surface area is 167 Å². The minimum absolute atomic E-state index is 0.0249. The third kappa shape index (κ3) is 2.94. The lowest BCUT2D eigenvalue weighted by molar-refractivity contribution is 0.0695. The van der Waals surface area contributed by atoms with Crippen LogP contribution in [0.1, 0.15) is 66.4 Å². The summed E-state index contributed by atoms with van der Waals surface area (Å²) in [5.41, 5.74) is 0.0851. The molecule has 5 rings (SSSR count). The molecule has 0 bridgehead atoms. The van der Waals surface area contributed by atoms with Crippen molar-refractivity contribution >= 4 is 16.9 Å². The van der Waals surface area contributed by atoms with Crippen LogP contribution in [-0.2, 0) is 0 Å². The lowest BCUT2D eigenvalue weighted by Crippen LogP contribution is -2.37. The van der Waals surface area contributed by atoms with Crippen LogP contribution in [0.5, 0.6) is 5.75 Å². The van der Waals surface area contributed by atoms with Crippen LogP contribution in [0.25, 0.3) is 10.9 Å². The predicted molar refractivity (Wildman–Crippen MR) is 106 cm³/mol. The molecule has 1 aromatic heterocycles. The summed E-state index contributed by atoms with van der Waals surface area (Å²) >= 11 is 0. The van der Waals surface area contributed by atoms with Crippen LogP contribution < -0.4 is 15.5 Å². The Balaban J connectivity index is 1.73. The van der Waals surface area contributed by atoms with Gasteiger partial charge >= 0.3 is 5.97 Å². The summed E-state index contributed by atoms with van der Waals surface area (Å²) in [6.45, 7) is 1.00. The number of nitrogens with one attached hydrogen (secondary N) is 1. The first-order valence-corrected chi connectivity index (χ1v) is 10.4. The van der Waals surface area contributed by atoms with E-state index in [9.17, 15) is 14.7 Å². The maximum absolute atomic E-state index is 15.4. The minimum Gasteiger partial charge on any atom is -0.494 e. The van der Waals surface area contributed by atoms with Gasteiger partial charge in [-0.15, -0.1) is 0 Å². The van der Waals surface area contributed by atoms with Gasteiger partial charge in [0.25, 0.3) is 0 Å². The molecule has 2 saturated carbocycles. The van der Waals surface area contributed by atoms with Crippen molar-refractivity contribution in [1.29, 1.82) is 0 Å². The average Bonchev–Trinajstić information content (AvgIpc) is 3.45. The van der Waals surface area contributed by atoms with Gasteiger partial charge in [0.2, 0.25) is 5.43 Å². The number of fused-ring (bicyclic) bond motifs is 2. The summed E-state index contributed by atoms with van der Waals surface area (Å²) in [5.74, 6) is -0.810. The fourth-order valence-corrected chi connectivity index (χ4v) is 5.43. The second kappa shape index (κ2) is 6.83. The molecule has 0 radical (unpaired) electrons. The smallest absolute Gasteiger partial charge is 0.341 e. The molecule has 1 aromatic carbocycles. The number of piperidine rings is 1. The van der Waals surface area contributed by atoms with Gasteiger partial charge in [0.1, 0.15) is 17.1 Å². The fourth-order valence-electron chi connectivity index (χ4n) is 5.43. The van der Waals surface area contributed by atoms with Gasteiger partial charge < -0.3 is 19.7 Å². The zero-order valence-corrected chi connectivity index (χ0v) is 16.4.